The molecule has 1 heterocycles. The van der Waals surface area contributed by atoms with Crippen molar-refractivity contribution in [3.05, 3.63) is 65.2 Å². The fourth-order valence-corrected chi connectivity index (χ4v) is 3.25. The van der Waals surface area contributed by atoms with Crippen molar-refractivity contribution in [1.29, 1.82) is 0 Å². The van der Waals surface area contributed by atoms with Gasteiger partial charge in [0.2, 0.25) is 0 Å². The molecule has 25 heavy (non-hydrogen) atoms. The Hall–Kier alpha value is -2.62. The lowest BCUT2D eigenvalue weighted by Gasteiger charge is -2.32. The number of hydrogen-bond donors (Lipinski definition) is 0. The second kappa shape index (κ2) is 7.51. The zero-order valence-electron chi connectivity index (χ0n) is 14.7. The molecule has 4 nitrogen and oxygen atoms in total. The van der Waals surface area contributed by atoms with Gasteiger partial charge in [-0.3, -0.25) is 9.59 Å². The van der Waals surface area contributed by atoms with Gasteiger partial charge in [-0.2, -0.15) is 0 Å². The van der Waals surface area contributed by atoms with Gasteiger partial charge in [-0.25, -0.2) is 0 Å². The van der Waals surface area contributed by atoms with Gasteiger partial charge in [0.15, 0.2) is 5.78 Å². The highest BCUT2D eigenvalue weighted by atomic mass is 16.5. The first-order chi connectivity index (χ1) is 12.1. The van der Waals surface area contributed by atoms with Crippen LogP contribution in [0.4, 0.5) is 0 Å². The first kappa shape index (κ1) is 17.2. The monoisotopic (exact) mass is 337 g/mol. The largest absolute Gasteiger partial charge is 0.497 e. The van der Waals surface area contributed by atoms with Crippen LogP contribution in [0.1, 0.15) is 39.1 Å². The normalized spacial score (nSPS) is 17.2. The standard InChI is InChI=1S/C21H23NO3/c1-15-5-7-17(8-6-15)21(24)22-13-3-4-18(14-22)20(23)16-9-11-19(25-2)12-10-16/h5-12,18H,3-4,13-14H2,1-2H3. The summed E-state index contributed by atoms with van der Waals surface area (Å²) in [6.07, 6.45) is 1.67. The van der Waals surface area contributed by atoms with Gasteiger partial charge < -0.3 is 9.64 Å². The molecule has 1 fully saturated rings. The lowest BCUT2D eigenvalue weighted by molar-refractivity contribution is 0.0637. The van der Waals surface area contributed by atoms with Crippen molar-refractivity contribution in [1.82, 2.24) is 4.90 Å². The van der Waals surface area contributed by atoms with Gasteiger partial charge >= 0.3 is 0 Å². The van der Waals surface area contributed by atoms with E-state index in [2.05, 4.69) is 0 Å². The quantitative estimate of drug-likeness (QED) is 0.799. The first-order valence-corrected chi connectivity index (χ1v) is 8.62. The number of carbonyl (C=O) groups is 2. The maximum atomic E-state index is 12.8. The number of hydrogen-bond acceptors (Lipinski definition) is 3. The summed E-state index contributed by atoms with van der Waals surface area (Å²) in [5.74, 6) is 0.698. The lowest BCUT2D eigenvalue weighted by Crippen LogP contribution is -2.42. The van der Waals surface area contributed by atoms with E-state index in [4.69, 9.17) is 4.74 Å². The lowest BCUT2D eigenvalue weighted by atomic mass is 9.89. The summed E-state index contributed by atoms with van der Waals surface area (Å²) in [7, 11) is 1.60. The number of piperidine rings is 1. The fraction of sp³-hybridized carbons (Fsp3) is 0.333. The summed E-state index contributed by atoms with van der Waals surface area (Å²) < 4.78 is 5.14. The van der Waals surface area contributed by atoms with E-state index < -0.39 is 0 Å². The molecule has 130 valence electrons. The molecule has 0 aliphatic carbocycles. The van der Waals surface area contributed by atoms with Crippen molar-refractivity contribution in [2.75, 3.05) is 20.2 Å². The summed E-state index contributed by atoms with van der Waals surface area (Å²) in [4.78, 5) is 27.3. The maximum absolute atomic E-state index is 12.8. The topological polar surface area (TPSA) is 46.6 Å². The predicted octanol–water partition coefficient (Wildman–Crippen LogP) is 3.74. The fourth-order valence-electron chi connectivity index (χ4n) is 3.25. The Morgan fingerprint density at radius 3 is 2.28 bits per heavy atom. The molecule has 2 aromatic carbocycles. The minimum Gasteiger partial charge on any atom is -0.497 e. The van der Waals surface area contributed by atoms with Crippen LogP contribution in [0.2, 0.25) is 0 Å². The van der Waals surface area contributed by atoms with Gasteiger partial charge in [-0.05, 0) is 56.2 Å². The molecule has 0 saturated carbocycles. The number of nitrogens with zero attached hydrogens (tertiary/aromatic N) is 1. The van der Waals surface area contributed by atoms with E-state index >= 15 is 0 Å². The van der Waals surface area contributed by atoms with Crippen molar-refractivity contribution in [2.24, 2.45) is 5.92 Å². The highest BCUT2D eigenvalue weighted by Crippen LogP contribution is 2.23. The number of rotatable bonds is 4. The molecule has 0 aromatic heterocycles. The third kappa shape index (κ3) is 3.90. The van der Waals surface area contributed by atoms with Crippen LogP contribution in [0, 0.1) is 12.8 Å². The molecule has 0 radical (unpaired) electrons. The highest BCUT2D eigenvalue weighted by Gasteiger charge is 2.29. The Bertz CT molecular complexity index is 750. The Kier molecular flexibility index (Phi) is 5.17. The Balaban J connectivity index is 1.70. The third-order valence-corrected chi connectivity index (χ3v) is 4.75. The van der Waals surface area contributed by atoms with E-state index in [9.17, 15) is 9.59 Å². The van der Waals surface area contributed by atoms with Gasteiger partial charge in [0.1, 0.15) is 5.75 Å². The van der Waals surface area contributed by atoms with Crippen LogP contribution < -0.4 is 4.74 Å². The molecule has 0 N–H and O–H groups in total. The summed E-state index contributed by atoms with van der Waals surface area (Å²) >= 11 is 0. The van der Waals surface area contributed by atoms with Gasteiger partial charge in [0.05, 0.1) is 7.11 Å². The number of Topliss-reactive ketones (excluding diaryl/α,β-unsaturated/α-hetero) is 1. The van der Waals surface area contributed by atoms with Crippen molar-refractivity contribution >= 4 is 11.7 Å². The van der Waals surface area contributed by atoms with Crippen molar-refractivity contribution in [3.8, 4) is 5.75 Å². The first-order valence-electron chi connectivity index (χ1n) is 8.62. The summed E-state index contributed by atoms with van der Waals surface area (Å²) in [5, 5.41) is 0. The average molecular weight is 337 g/mol. The average Bonchev–Trinajstić information content (AvgIpc) is 2.67. The van der Waals surface area contributed by atoms with Gasteiger partial charge in [0.25, 0.3) is 5.91 Å². The molecule has 0 spiro atoms. The molecule has 1 unspecified atom stereocenters. The van der Waals surface area contributed by atoms with Crippen LogP contribution in [0.5, 0.6) is 5.75 Å². The molecule has 3 rings (SSSR count). The number of amides is 1. The molecule has 1 atom stereocenters. The third-order valence-electron chi connectivity index (χ3n) is 4.75. The van der Waals surface area contributed by atoms with Crippen molar-refractivity contribution in [3.63, 3.8) is 0 Å². The number of likely N-dealkylation sites (tertiary alicyclic amines) is 1. The number of carbonyl (C=O) groups excluding carboxylic acids is 2. The molecule has 4 heteroatoms. The molecule has 1 aliphatic heterocycles. The molecule has 1 aliphatic rings. The van der Waals surface area contributed by atoms with Crippen molar-refractivity contribution in [2.45, 2.75) is 19.8 Å². The maximum Gasteiger partial charge on any atom is 0.253 e. The Labute approximate surface area is 148 Å². The van der Waals surface area contributed by atoms with Crippen LogP contribution >= 0.6 is 0 Å². The molecule has 1 amide bonds. The van der Waals surface area contributed by atoms with Gasteiger partial charge in [-0.15, -0.1) is 0 Å². The number of aryl methyl sites for hydroxylation is 1. The summed E-state index contributed by atoms with van der Waals surface area (Å²) in [6.45, 7) is 3.19. The van der Waals surface area contributed by atoms with Crippen LogP contribution in [0.25, 0.3) is 0 Å². The van der Waals surface area contributed by atoms with E-state index in [1.807, 2.05) is 31.2 Å². The van der Waals surface area contributed by atoms with Gasteiger partial charge in [-0.1, -0.05) is 17.7 Å². The summed E-state index contributed by atoms with van der Waals surface area (Å²) in [5.41, 5.74) is 2.49. The number of methoxy groups -OCH3 is 1. The van der Waals surface area contributed by atoms with Gasteiger partial charge in [0, 0.05) is 30.1 Å². The second-order valence-corrected chi connectivity index (χ2v) is 6.55. The van der Waals surface area contributed by atoms with E-state index in [1.54, 1.807) is 36.3 Å². The zero-order chi connectivity index (χ0) is 17.8. The van der Waals surface area contributed by atoms with E-state index in [-0.39, 0.29) is 17.6 Å². The van der Waals surface area contributed by atoms with Crippen molar-refractivity contribution < 1.29 is 14.3 Å². The molecule has 1 saturated heterocycles. The molecule has 0 bridgehead atoms. The van der Waals surface area contributed by atoms with Crippen LogP contribution in [-0.4, -0.2) is 36.8 Å². The predicted molar refractivity (Wildman–Crippen MR) is 97.1 cm³/mol. The SMILES string of the molecule is COc1ccc(C(=O)C2CCCN(C(=O)c3ccc(C)cc3)C2)cc1. The number of ketones is 1. The smallest absolute Gasteiger partial charge is 0.253 e. The van der Waals surface area contributed by atoms with E-state index in [0.717, 1.165) is 24.2 Å². The van der Waals surface area contributed by atoms with Crippen LogP contribution in [-0.2, 0) is 0 Å². The highest BCUT2D eigenvalue weighted by molar-refractivity contribution is 5.99. The van der Waals surface area contributed by atoms with Crippen LogP contribution in [0.15, 0.2) is 48.5 Å². The number of benzene rings is 2. The van der Waals surface area contributed by atoms with E-state index in [1.165, 1.54) is 0 Å². The minimum absolute atomic E-state index is 0.00670. The zero-order valence-corrected chi connectivity index (χ0v) is 14.7. The Morgan fingerprint density at radius 2 is 1.64 bits per heavy atom. The Morgan fingerprint density at radius 1 is 1.00 bits per heavy atom. The molecular formula is C21H23NO3. The van der Waals surface area contributed by atoms with E-state index in [0.29, 0.717) is 24.2 Å². The summed E-state index contributed by atoms with van der Waals surface area (Å²) in [6, 6.07) is 14.8. The number of ether oxygens (including phenoxy) is 1. The minimum atomic E-state index is -0.142. The molecule has 2 aromatic rings. The van der Waals surface area contributed by atoms with Crippen LogP contribution in [0.3, 0.4) is 0 Å². The molecular weight excluding hydrogens is 314 g/mol. The second-order valence-electron chi connectivity index (χ2n) is 6.55.